The lowest BCUT2D eigenvalue weighted by atomic mass is 9.98. The van der Waals surface area contributed by atoms with Gasteiger partial charge in [-0.1, -0.05) is 24.3 Å². The van der Waals surface area contributed by atoms with E-state index in [0.29, 0.717) is 23.5 Å². The quantitative estimate of drug-likeness (QED) is 0.523. The number of hydrogen-bond donors (Lipinski definition) is 1. The Kier molecular flexibility index (Phi) is 4.17. The number of nitrogens with zero attached hydrogens (tertiary/aromatic N) is 2. The number of amides is 1. The van der Waals surface area contributed by atoms with Gasteiger partial charge < -0.3 is 10.1 Å². The number of benzene rings is 1. The number of aryl methyl sites for hydroxylation is 1. The summed E-state index contributed by atoms with van der Waals surface area (Å²) >= 11 is 1.55. The molecule has 1 aliphatic heterocycles. The molecular formula is C22H17N3O3S. The van der Waals surface area contributed by atoms with Crippen molar-refractivity contribution in [2.75, 3.05) is 5.32 Å². The van der Waals surface area contributed by atoms with Gasteiger partial charge in [-0.15, -0.1) is 11.3 Å². The largest absolute Gasteiger partial charge is 0.448 e. The Hall–Kier alpha value is -3.45. The summed E-state index contributed by atoms with van der Waals surface area (Å²) in [4.78, 5) is 31.0. The van der Waals surface area contributed by atoms with Gasteiger partial charge in [-0.05, 0) is 47.7 Å². The summed E-state index contributed by atoms with van der Waals surface area (Å²) in [5, 5.41) is 4.92. The molecule has 3 aromatic heterocycles. The number of hydrogen-bond acceptors (Lipinski definition) is 5. The molecule has 6 nitrogen and oxygen atoms in total. The maximum Gasteiger partial charge on any atom is 0.339 e. The number of anilines is 1. The van der Waals surface area contributed by atoms with Crippen LogP contribution in [-0.2, 0) is 16.0 Å². The zero-order valence-corrected chi connectivity index (χ0v) is 16.4. The van der Waals surface area contributed by atoms with E-state index in [1.165, 1.54) is 0 Å². The Morgan fingerprint density at radius 3 is 2.93 bits per heavy atom. The lowest BCUT2D eigenvalue weighted by Gasteiger charge is -2.23. The van der Waals surface area contributed by atoms with Crippen molar-refractivity contribution in [3.63, 3.8) is 0 Å². The van der Waals surface area contributed by atoms with Crippen LogP contribution in [0, 0.1) is 6.92 Å². The first-order valence-corrected chi connectivity index (χ1v) is 10.1. The molecule has 29 heavy (non-hydrogen) atoms. The molecule has 1 atom stereocenters. The van der Waals surface area contributed by atoms with Crippen LogP contribution in [0.5, 0.6) is 0 Å². The Morgan fingerprint density at radius 2 is 2.10 bits per heavy atom. The third kappa shape index (κ3) is 3.09. The van der Waals surface area contributed by atoms with Gasteiger partial charge in [0, 0.05) is 12.6 Å². The molecule has 4 aromatic rings. The highest BCUT2D eigenvalue weighted by Crippen LogP contribution is 2.32. The highest BCUT2D eigenvalue weighted by Gasteiger charge is 2.32. The van der Waals surface area contributed by atoms with Crippen molar-refractivity contribution >= 4 is 34.7 Å². The Morgan fingerprint density at radius 1 is 1.24 bits per heavy atom. The van der Waals surface area contributed by atoms with Crippen molar-refractivity contribution in [3.8, 4) is 10.6 Å². The summed E-state index contributed by atoms with van der Waals surface area (Å²) in [6.45, 7) is 2.00. The standard InChI is InChI=1S/C22H17N3O3S/c1-13-8-9-25-18(11-13)23-19(17-7-4-10-29-17)20(25)24-21(26)16-12-14-5-2-3-6-15(14)22(27)28-16/h2-11,16H,12H2,1H3,(H,24,26)/t16-/m1/s1. The SMILES string of the molecule is Cc1ccn2c(NC(=O)[C@H]3Cc4ccccc4C(=O)O3)c(-c3cccs3)nc2c1. The zero-order valence-electron chi connectivity index (χ0n) is 15.6. The van der Waals surface area contributed by atoms with Crippen LogP contribution in [0.1, 0.15) is 21.5 Å². The van der Waals surface area contributed by atoms with E-state index >= 15 is 0 Å². The number of esters is 1. The number of imidazole rings is 1. The first kappa shape index (κ1) is 17.6. The minimum Gasteiger partial charge on any atom is -0.448 e. The Bertz CT molecular complexity index is 1240. The van der Waals surface area contributed by atoms with Crippen LogP contribution in [0.4, 0.5) is 5.82 Å². The molecule has 1 N–H and O–H groups in total. The van der Waals surface area contributed by atoms with E-state index in [1.54, 1.807) is 23.5 Å². The van der Waals surface area contributed by atoms with Crippen LogP contribution < -0.4 is 5.32 Å². The third-order valence-electron chi connectivity index (χ3n) is 4.96. The van der Waals surface area contributed by atoms with Crippen LogP contribution in [-0.4, -0.2) is 27.4 Å². The van der Waals surface area contributed by atoms with Gasteiger partial charge in [0.25, 0.3) is 5.91 Å². The van der Waals surface area contributed by atoms with E-state index in [1.807, 2.05) is 59.3 Å². The number of ether oxygens (including phenoxy) is 1. The Labute approximate surface area is 170 Å². The second-order valence-electron chi connectivity index (χ2n) is 6.96. The third-order valence-corrected chi connectivity index (χ3v) is 5.84. The molecule has 0 fully saturated rings. The number of cyclic esters (lactones) is 1. The van der Waals surface area contributed by atoms with Crippen molar-refractivity contribution in [2.24, 2.45) is 0 Å². The molecule has 0 spiro atoms. The van der Waals surface area contributed by atoms with Gasteiger partial charge in [0.05, 0.1) is 10.4 Å². The molecule has 5 rings (SSSR count). The van der Waals surface area contributed by atoms with E-state index in [2.05, 4.69) is 5.32 Å². The fraction of sp³-hybridized carbons (Fsp3) is 0.136. The number of nitrogens with one attached hydrogen (secondary N) is 1. The highest BCUT2D eigenvalue weighted by atomic mass is 32.1. The number of rotatable bonds is 3. The maximum absolute atomic E-state index is 13.0. The molecule has 0 bridgehead atoms. The topological polar surface area (TPSA) is 72.7 Å². The molecule has 1 amide bonds. The zero-order chi connectivity index (χ0) is 20.0. The molecule has 0 saturated heterocycles. The summed E-state index contributed by atoms with van der Waals surface area (Å²) in [6.07, 6.45) is 1.34. The lowest BCUT2D eigenvalue weighted by molar-refractivity contribution is -0.125. The van der Waals surface area contributed by atoms with E-state index < -0.39 is 12.1 Å². The normalized spacial score (nSPS) is 15.8. The number of thiophene rings is 1. The summed E-state index contributed by atoms with van der Waals surface area (Å²) in [6, 6.07) is 15.0. The smallest absolute Gasteiger partial charge is 0.339 e. The van der Waals surface area contributed by atoms with Gasteiger partial charge in [-0.25, -0.2) is 9.78 Å². The van der Waals surface area contributed by atoms with Gasteiger partial charge >= 0.3 is 5.97 Å². The summed E-state index contributed by atoms with van der Waals surface area (Å²) in [5.74, 6) is -0.269. The maximum atomic E-state index is 13.0. The van der Waals surface area contributed by atoms with Gasteiger partial charge in [0.2, 0.25) is 0 Å². The number of fused-ring (bicyclic) bond motifs is 2. The molecule has 7 heteroatoms. The van der Waals surface area contributed by atoms with Crippen LogP contribution in [0.15, 0.2) is 60.1 Å². The first-order valence-electron chi connectivity index (χ1n) is 9.22. The van der Waals surface area contributed by atoms with E-state index in [9.17, 15) is 9.59 Å². The highest BCUT2D eigenvalue weighted by molar-refractivity contribution is 7.13. The predicted molar refractivity (Wildman–Crippen MR) is 111 cm³/mol. The molecule has 0 unspecified atom stereocenters. The van der Waals surface area contributed by atoms with Crippen molar-refractivity contribution in [1.82, 2.24) is 9.38 Å². The lowest BCUT2D eigenvalue weighted by Crippen LogP contribution is -2.38. The van der Waals surface area contributed by atoms with E-state index in [-0.39, 0.29) is 5.91 Å². The minimum atomic E-state index is -0.885. The molecule has 0 aliphatic carbocycles. The van der Waals surface area contributed by atoms with Crippen LogP contribution in [0.2, 0.25) is 0 Å². The van der Waals surface area contributed by atoms with Gasteiger partial charge in [0.1, 0.15) is 17.2 Å². The molecule has 0 radical (unpaired) electrons. The first-order chi connectivity index (χ1) is 14.1. The molecule has 0 saturated carbocycles. The van der Waals surface area contributed by atoms with Crippen molar-refractivity contribution in [2.45, 2.75) is 19.4 Å². The van der Waals surface area contributed by atoms with E-state index in [0.717, 1.165) is 21.7 Å². The number of aromatic nitrogens is 2. The Balaban J connectivity index is 1.51. The molecule has 4 heterocycles. The number of carbonyl (C=O) groups is 2. The summed E-state index contributed by atoms with van der Waals surface area (Å²) in [7, 11) is 0. The number of pyridine rings is 1. The average Bonchev–Trinajstić information content (AvgIpc) is 3.36. The molecule has 1 aromatic carbocycles. The van der Waals surface area contributed by atoms with Gasteiger partial charge in [0.15, 0.2) is 6.10 Å². The number of carbonyl (C=O) groups excluding carboxylic acids is 2. The second kappa shape index (κ2) is 6.86. The van der Waals surface area contributed by atoms with Crippen LogP contribution >= 0.6 is 11.3 Å². The van der Waals surface area contributed by atoms with Gasteiger partial charge in [-0.3, -0.25) is 9.20 Å². The average molecular weight is 403 g/mol. The van der Waals surface area contributed by atoms with E-state index in [4.69, 9.17) is 9.72 Å². The molecule has 144 valence electrons. The summed E-state index contributed by atoms with van der Waals surface area (Å²) in [5.41, 5.74) is 3.85. The predicted octanol–water partition coefficient (Wildman–Crippen LogP) is 4.09. The second-order valence-corrected chi connectivity index (χ2v) is 7.91. The molecular weight excluding hydrogens is 386 g/mol. The summed E-state index contributed by atoms with van der Waals surface area (Å²) < 4.78 is 7.25. The van der Waals surface area contributed by atoms with Crippen LogP contribution in [0.25, 0.3) is 16.2 Å². The molecule has 1 aliphatic rings. The van der Waals surface area contributed by atoms with Crippen molar-refractivity contribution < 1.29 is 14.3 Å². The fourth-order valence-corrected chi connectivity index (χ4v) is 4.24. The monoisotopic (exact) mass is 403 g/mol. The van der Waals surface area contributed by atoms with Crippen molar-refractivity contribution in [1.29, 1.82) is 0 Å². The minimum absolute atomic E-state index is 0.345. The van der Waals surface area contributed by atoms with Crippen molar-refractivity contribution in [3.05, 3.63) is 76.8 Å². The van der Waals surface area contributed by atoms with Gasteiger partial charge in [-0.2, -0.15) is 0 Å². The fourth-order valence-electron chi connectivity index (χ4n) is 3.53. The van der Waals surface area contributed by atoms with Crippen LogP contribution in [0.3, 0.4) is 0 Å².